The van der Waals surface area contributed by atoms with Gasteiger partial charge in [0, 0.05) is 50.3 Å². The van der Waals surface area contributed by atoms with Gasteiger partial charge in [0.1, 0.15) is 0 Å². The fraction of sp³-hybridized carbons (Fsp3) is 0.0492. The molecule has 3 heteroatoms. The van der Waals surface area contributed by atoms with E-state index in [1.54, 1.807) is 0 Å². The molecule has 1 aliphatic rings. The van der Waals surface area contributed by atoms with E-state index < -0.39 is 0 Å². The summed E-state index contributed by atoms with van der Waals surface area (Å²) in [5, 5.41) is 11.5. The molecule has 302 valence electrons. The molecule has 2 heterocycles. The summed E-state index contributed by atoms with van der Waals surface area (Å²) in [5.74, 6) is 0. The van der Waals surface area contributed by atoms with Crippen LogP contribution in [0, 0.1) is 6.92 Å². The van der Waals surface area contributed by atoms with Gasteiger partial charge < -0.3 is 14.0 Å². The molecule has 0 N–H and O–H groups in total. The topological polar surface area (TPSA) is 13.1 Å². The second kappa shape index (κ2) is 14.5. The summed E-state index contributed by atoms with van der Waals surface area (Å²) < 4.78 is 4.87. The van der Waals surface area contributed by atoms with Gasteiger partial charge in [0.05, 0.1) is 16.6 Å². The van der Waals surface area contributed by atoms with E-state index in [-0.39, 0.29) is 0 Å². The predicted octanol–water partition coefficient (Wildman–Crippen LogP) is 16.6. The lowest BCUT2D eigenvalue weighted by Crippen LogP contribution is -2.11. The Kier molecular flexibility index (Phi) is 8.26. The molecule has 0 saturated carbocycles. The van der Waals surface area contributed by atoms with Crippen LogP contribution in [0.2, 0.25) is 0 Å². The van der Waals surface area contributed by atoms with E-state index in [0.29, 0.717) is 0 Å². The molecule has 0 saturated heterocycles. The minimum absolute atomic E-state index is 1.03. The first-order valence-electron chi connectivity index (χ1n) is 22.4. The van der Waals surface area contributed by atoms with Gasteiger partial charge in [-0.3, -0.25) is 0 Å². The Hall–Kier alpha value is -8.14. The molecule has 64 heavy (non-hydrogen) atoms. The Labute approximate surface area is 372 Å². The summed E-state index contributed by atoms with van der Waals surface area (Å²) in [6.45, 7) is 2.21. The summed E-state index contributed by atoms with van der Waals surface area (Å²) in [6, 6.07) is 76.1. The van der Waals surface area contributed by atoms with E-state index in [2.05, 4.69) is 239 Å². The van der Waals surface area contributed by atoms with Crippen molar-refractivity contribution >= 4 is 88.2 Å². The minimum atomic E-state index is 1.03. The number of benzene rings is 10. The van der Waals surface area contributed by atoms with Gasteiger partial charge in [-0.15, -0.1) is 0 Å². The molecular weight excluding hydrogens is 775 g/mol. The fourth-order valence-electron chi connectivity index (χ4n) is 10.7. The Balaban J connectivity index is 0.919. The molecule has 0 radical (unpaired) electrons. The second-order valence-electron chi connectivity index (χ2n) is 17.3. The van der Waals surface area contributed by atoms with Gasteiger partial charge in [-0.1, -0.05) is 133 Å². The zero-order valence-corrected chi connectivity index (χ0v) is 35.5. The van der Waals surface area contributed by atoms with Crippen molar-refractivity contribution in [2.75, 3.05) is 4.90 Å². The van der Waals surface area contributed by atoms with Gasteiger partial charge in [0.2, 0.25) is 0 Å². The fourth-order valence-corrected chi connectivity index (χ4v) is 10.7. The first kappa shape index (κ1) is 36.5. The van der Waals surface area contributed by atoms with Crippen LogP contribution in [0.15, 0.2) is 212 Å². The third kappa shape index (κ3) is 5.60. The minimum Gasteiger partial charge on any atom is -0.310 e. The molecular formula is C61H43N3. The van der Waals surface area contributed by atoms with E-state index >= 15 is 0 Å². The number of aromatic nitrogens is 2. The number of aryl methyl sites for hydroxylation is 2. The third-order valence-electron chi connectivity index (χ3n) is 13.7. The van der Waals surface area contributed by atoms with Crippen molar-refractivity contribution < 1.29 is 0 Å². The molecule has 0 spiro atoms. The monoisotopic (exact) mass is 817 g/mol. The highest BCUT2D eigenvalue weighted by molar-refractivity contribution is 6.25. The quantitative estimate of drug-likeness (QED) is 0.152. The number of fused-ring (bicyclic) bond motifs is 12. The molecule has 12 aromatic rings. The lowest BCUT2D eigenvalue weighted by molar-refractivity contribution is 0.967. The molecule has 0 aliphatic heterocycles. The number of hydrogen-bond donors (Lipinski definition) is 0. The van der Waals surface area contributed by atoms with Crippen molar-refractivity contribution in [3.8, 4) is 22.5 Å². The van der Waals surface area contributed by atoms with Crippen molar-refractivity contribution in [1.29, 1.82) is 0 Å². The first-order valence-corrected chi connectivity index (χ1v) is 22.4. The second-order valence-corrected chi connectivity index (χ2v) is 17.3. The molecule has 0 amide bonds. The van der Waals surface area contributed by atoms with Crippen LogP contribution in [0.25, 0.3) is 93.6 Å². The zero-order chi connectivity index (χ0) is 42.3. The van der Waals surface area contributed by atoms with E-state index in [9.17, 15) is 0 Å². The normalized spacial score (nSPS) is 12.6. The third-order valence-corrected chi connectivity index (χ3v) is 13.7. The summed E-state index contributed by atoms with van der Waals surface area (Å²) in [4.78, 5) is 2.43. The highest BCUT2D eigenvalue weighted by atomic mass is 15.1. The van der Waals surface area contributed by atoms with Crippen molar-refractivity contribution in [3.63, 3.8) is 0 Å². The number of allylic oxidation sites excluding steroid dienone is 1. The predicted molar refractivity (Wildman–Crippen MR) is 272 cm³/mol. The van der Waals surface area contributed by atoms with Gasteiger partial charge in [-0.05, 0) is 159 Å². The molecule has 0 bridgehead atoms. The average Bonchev–Trinajstić information content (AvgIpc) is 3.87. The van der Waals surface area contributed by atoms with Crippen LogP contribution in [0.3, 0.4) is 0 Å². The maximum Gasteiger partial charge on any atom is 0.0541 e. The zero-order valence-electron chi connectivity index (χ0n) is 35.5. The highest BCUT2D eigenvalue weighted by Crippen LogP contribution is 2.43. The smallest absolute Gasteiger partial charge is 0.0541 e. The Morgan fingerprint density at radius 3 is 1.75 bits per heavy atom. The molecule has 10 aromatic carbocycles. The van der Waals surface area contributed by atoms with Crippen LogP contribution in [-0.4, -0.2) is 9.13 Å². The SMILES string of the molecule is Cc1ccccc1N(c1ccc(-c2ccc3c(c2)c2ccccc2n3-c2ccc3c4ccccc4c4ccccc4c3c2)cc1)c1ccc2c(c1)c1c(n2-c2ccccc2)C=CCC1. The molecule has 0 fully saturated rings. The van der Waals surface area contributed by atoms with Crippen molar-refractivity contribution in [2.24, 2.45) is 0 Å². The van der Waals surface area contributed by atoms with Gasteiger partial charge >= 0.3 is 0 Å². The van der Waals surface area contributed by atoms with Crippen LogP contribution in [0.5, 0.6) is 0 Å². The standard InChI is InChI=1S/C61H43N3/c1-40-15-5-12-24-57(40)62(45-33-36-61-56(39-45)53-23-11-13-25-58(53)63(61)43-16-3-2-4-17-43)44-30-27-41(28-31-44)42-29-35-60-55(37-42)52-22-10-14-26-59(52)64(60)46-32-34-51-49-20-7-6-18-47(49)48-19-8-9-21-50(48)54(51)38-46/h2-10,12-22,24-39H,11,23H2,1H3. The van der Waals surface area contributed by atoms with E-state index in [0.717, 1.165) is 24.2 Å². The Morgan fingerprint density at radius 2 is 0.984 bits per heavy atom. The summed E-state index contributed by atoms with van der Waals surface area (Å²) in [7, 11) is 0. The molecule has 2 aromatic heterocycles. The van der Waals surface area contributed by atoms with Crippen molar-refractivity contribution in [1.82, 2.24) is 9.13 Å². The number of rotatable bonds is 6. The largest absolute Gasteiger partial charge is 0.310 e. The van der Waals surface area contributed by atoms with E-state index in [1.807, 2.05) is 0 Å². The molecule has 0 unspecified atom stereocenters. The van der Waals surface area contributed by atoms with Crippen LogP contribution in [-0.2, 0) is 6.42 Å². The van der Waals surface area contributed by atoms with Crippen LogP contribution < -0.4 is 4.90 Å². The summed E-state index contributed by atoms with van der Waals surface area (Å²) in [6.07, 6.45) is 6.71. The van der Waals surface area contributed by atoms with Crippen LogP contribution in [0.1, 0.15) is 23.2 Å². The van der Waals surface area contributed by atoms with Crippen LogP contribution in [0.4, 0.5) is 17.1 Å². The molecule has 0 atom stereocenters. The van der Waals surface area contributed by atoms with Gasteiger partial charge in [0.25, 0.3) is 0 Å². The van der Waals surface area contributed by atoms with Crippen molar-refractivity contribution in [3.05, 3.63) is 229 Å². The molecule has 1 aliphatic carbocycles. The summed E-state index contributed by atoms with van der Waals surface area (Å²) >= 11 is 0. The van der Waals surface area contributed by atoms with Gasteiger partial charge in [-0.2, -0.15) is 0 Å². The average molecular weight is 818 g/mol. The lowest BCUT2D eigenvalue weighted by Gasteiger charge is -2.27. The van der Waals surface area contributed by atoms with Gasteiger partial charge in [0.15, 0.2) is 0 Å². The number of nitrogens with zero attached hydrogens (tertiary/aromatic N) is 3. The Morgan fingerprint density at radius 1 is 0.391 bits per heavy atom. The number of hydrogen-bond acceptors (Lipinski definition) is 1. The van der Waals surface area contributed by atoms with E-state index in [1.165, 1.54) is 110 Å². The first-order chi connectivity index (χ1) is 31.7. The molecule has 3 nitrogen and oxygen atoms in total. The lowest BCUT2D eigenvalue weighted by atomic mass is 9.94. The highest BCUT2D eigenvalue weighted by Gasteiger charge is 2.22. The maximum atomic E-state index is 2.44. The summed E-state index contributed by atoms with van der Waals surface area (Å²) in [5.41, 5.74) is 15.8. The maximum absolute atomic E-state index is 2.44. The molecule has 13 rings (SSSR count). The van der Waals surface area contributed by atoms with Crippen molar-refractivity contribution in [2.45, 2.75) is 19.8 Å². The number of para-hydroxylation sites is 3. The van der Waals surface area contributed by atoms with E-state index in [4.69, 9.17) is 0 Å². The van der Waals surface area contributed by atoms with Gasteiger partial charge in [-0.25, -0.2) is 0 Å². The number of anilines is 3. The van der Waals surface area contributed by atoms with Crippen LogP contribution >= 0.6 is 0 Å². The Bertz CT molecular complexity index is 3810.